The van der Waals surface area contributed by atoms with Gasteiger partial charge in [-0.3, -0.25) is 0 Å². The summed E-state index contributed by atoms with van der Waals surface area (Å²) in [6.07, 6.45) is 1.91. The van der Waals surface area contributed by atoms with Gasteiger partial charge >= 0.3 is 0 Å². The zero-order valence-electron chi connectivity index (χ0n) is 12.5. The van der Waals surface area contributed by atoms with E-state index in [1.807, 2.05) is 18.2 Å². The first-order chi connectivity index (χ1) is 11.3. The normalized spacial score (nSPS) is 16.2. The van der Waals surface area contributed by atoms with E-state index in [2.05, 4.69) is 21.2 Å². The zero-order valence-corrected chi connectivity index (χ0v) is 14.1. The monoisotopic (exact) mass is 347 g/mol. The molecule has 120 valence electrons. The molecular formula is C15H17N5OS2. The average Bonchev–Trinajstić information content (AvgIpc) is 3.17. The van der Waals surface area contributed by atoms with E-state index in [0.717, 1.165) is 53.3 Å². The topological polar surface area (TPSA) is 78.9 Å². The maximum atomic E-state index is 6.19. The minimum Gasteiger partial charge on any atom is -0.381 e. The molecule has 3 heterocycles. The van der Waals surface area contributed by atoms with Crippen molar-refractivity contribution >= 4 is 33.3 Å². The van der Waals surface area contributed by atoms with Crippen LogP contribution in [-0.4, -0.2) is 33.1 Å². The number of nitrogen functional groups attached to an aromatic ring is 1. The van der Waals surface area contributed by atoms with Gasteiger partial charge in [0.15, 0.2) is 5.82 Å². The van der Waals surface area contributed by atoms with Crippen molar-refractivity contribution in [2.24, 2.45) is 0 Å². The van der Waals surface area contributed by atoms with E-state index < -0.39 is 0 Å². The standard InChI is InChI=1S/C15H17N5OS2/c16-20-14(10-5-7-21-8-6-10)18-19-15(20)22-9-13-17-11-3-1-2-4-12(11)23-13/h1-4,10H,5-9,16H2. The molecule has 1 fully saturated rings. The number of ether oxygens (including phenoxy) is 1. The molecule has 2 N–H and O–H groups in total. The molecular weight excluding hydrogens is 330 g/mol. The van der Waals surface area contributed by atoms with Crippen molar-refractivity contribution in [2.75, 3.05) is 19.1 Å². The first-order valence-corrected chi connectivity index (χ1v) is 9.37. The van der Waals surface area contributed by atoms with Gasteiger partial charge in [0.2, 0.25) is 5.16 Å². The maximum Gasteiger partial charge on any atom is 0.210 e. The Labute approximate surface area is 142 Å². The van der Waals surface area contributed by atoms with Crippen LogP contribution >= 0.6 is 23.1 Å². The van der Waals surface area contributed by atoms with E-state index in [9.17, 15) is 0 Å². The molecule has 0 amide bonds. The number of thiazole rings is 1. The largest absolute Gasteiger partial charge is 0.381 e. The van der Waals surface area contributed by atoms with Crippen LogP contribution in [0.1, 0.15) is 29.6 Å². The molecule has 1 saturated heterocycles. The Morgan fingerprint density at radius 3 is 2.91 bits per heavy atom. The van der Waals surface area contributed by atoms with E-state index in [1.54, 1.807) is 27.8 Å². The van der Waals surface area contributed by atoms with E-state index >= 15 is 0 Å². The summed E-state index contributed by atoms with van der Waals surface area (Å²) in [5, 5.41) is 10.4. The highest BCUT2D eigenvalue weighted by atomic mass is 32.2. The SMILES string of the molecule is Nn1c(SCc2nc3ccccc3s2)nnc1C1CCOCC1. The van der Waals surface area contributed by atoms with E-state index in [4.69, 9.17) is 10.6 Å². The number of fused-ring (bicyclic) bond motifs is 1. The van der Waals surface area contributed by atoms with Crippen LogP contribution in [0.15, 0.2) is 29.4 Å². The third kappa shape index (κ3) is 3.06. The number of rotatable bonds is 4. The molecule has 8 heteroatoms. The van der Waals surface area contributed by atoms with Crippen molar-refractivity contribution < 1.29 is 4.74 Å². The van der Waals surface area contributed by atoms with Gasteiger partial charge in [-0.05, 0) is 25.0 Å². The molecule has 0 unspecified atom stereocenters. The first kappa shape index (κ1) is 14.9. The summed E-state index contributed by atoms with van der Waals surface area (Å²) < 4.78 is 8.23. The van der Waals surface area contributed by atoms with Gasteiger partial charge in [-0.2, -0.15) is 0 Å². The number of para-hydroxylation sites is 1. The fourth-order valence-corrected chi connectivity index (χ4v) is 4.55. The van der Waals surface area contributed by atoms with Gasteiger partial charge in [0.1, 0.15) is 5.01 Å². The Hall–Kier alpha value is -1.64. The van der Waals surface area contributed by atoms with Crippen molar-refractivity contribution in [1.82, 2.24) is 19.9 Å². The lowest BCUT2D eigenvalue weighted by Crippen LogP contribution is -2.22. The molecule has 0 aliphatic carbocycles. The first-order valence-electron chi connectivity index (χ1n) is 7.56. The van der Waals surface area contributed by atoms with Crippen molar-refractivity contribution in [2.45, 2.75) is 29.7 Å². The van der Waals surface area contributed by atoms with Crippen molar-refractivity contribution in [3.63, 3.8) is 0 Å². The van der Waals surface area contributed by atoms with Gasteiger partial charge in [-0.1, -0.05) is 23.9 Å². The second-order valence-corrected chi connectivity index (χ2v) is 7.52. The Morgan fingerprint density at radius 1 is 1.26 bits per heavy atom. The molecule has 1 aliphatic rings. The Kier molecular flexibility index (Phi) is 4.19. The molecule has 0 spiro atoms. The van der Waals surface area contributed by atoms with Gasteiger partial charge in [-0.25, -0.2) is 9.66 Å². The Balaban J connectivity index is 1.47. The van der Waals surface area contributed by atoms with Crippen LogP contribution in [0.25, 0.3) is 10.2 Å². The third-order valence-electron chi connectivity index (χ3n) is 3.94. The molecule has 23 heavy (non-hydrogen) atoms. The smallest absolute Gasteiger partial charge is 0.210 e. The fourth-order valence-electron chi connectivity index (χ4n) is 2.73. The lowest BCUT2D eigenvalue weighted by molar-refractivity contribution is 0.0830. The molecule has 6 nitrogen and oxygen atoms in total. The summed E-state index contributed by atoms with van der Waals surface area (Å²) in [5.41, 5.74) is 1.05. The number of nitrogens with two attached hydrogens (primary N) is 1. The number of hydrogen-bond acceptors (Lipinski definition) is 7. The molecule has 1 aromatic carbocycles. The Morgan fingerprint density at radius 2 is 2.09 bits per heavy atom. The molecule has 2 aromatic heterocycles. The van der Waals surface area contributed by atoms with Crippen molar-refractivity contribution in [1.29, 1.82) is 0 Å². The highest BCUT2D eigenvalue weighted by Gasteiger charge is 2.23. The zero-order chi connectivity index (χ0) is 15.6. The summed E-state index contributed by atoms with van der Waals surface area (Å²) in [6.45, 7) is 1.54. The number of benzene rings is 1. The minimum atomic E-state index is 0.345. The highest BCUT2D eigenvalue weighted by Crippen LogP contribution is 2.30. The lowest BCUT2D eigenvalue weighted by atomic mass is 10.00. The average molecular weight is 347 g/mol. The third-order valence-corrected chi connectivity index (χ3v) is 6.11. The molecule has 0 radical (unpaired) electrons. The highest BCUT2D eigenvalue weighted by molar-refractivity contribution is 7.98. The van der Waals surface area contributed by atoms with Gasteiger partial charge in [0.25, 0.3) is 0 Å². The number of aromatic nitrogens is 4. The fraction of sp³-hybridized carbons (Fsp3) is 0.400. The summed E-state index contributed by atoms with van der Waals surface area (Å²) in [4.78, 5) is 4.64. The van der Waals surface area contributed by atoms with Crippen molar-refractivity contribution in [3.8, 4) is 0 Å². The molecule has 1 aliphatic heterocycles. The van der Waals surface area contributed by atoms with Crippen LogP contribution in [0.5, 0.6) is 0 Å². The van der Waals surface area contributed by atoms with Crippen LogP contribution in [0.4, 0.5) is 0 Å². The molecule has 0 saturated carbocycles. The summed E-state index contributed by atoms with van der Waals surface area (Å²) >= 11 is 3.29. The van der Waals surface area contributed by atoms with Gasteiger partial charge in [0, 0.05) is 19.1 Å². The predicted octanol–water partition coefficient (Wildman–Crippen LogP) is 2.79. The van der Waals surface area contributed by atoms with Crippen LogP contribution in [-0.2, 0) is 10.5 Å². The summed E-state index contributed by atoms with van der Waals surface area (Å²) in [7, 11) is 0. The molecule has 3 aromatic rings. The molecule has 0 bridgehead atoms. The molecule has 4 rings (SSSR count). The second-order valence-electron chi connectivity index (χ2n) is 5.46. The van der Waals surface area contributed by atoms with Crippen molar-refractivity contribution in [3.05, 3.63) is 35.1 Å². The Bertz CT molecular complexity index is 776. The predicted molar refractivity (Wildman–Crippen MR) is 92.1 cm³/mol. The van der Waals surface area contributed by atoms with Crippen LogP contribution in [0.3, 0.4) is 0 Å². The number of hydrogen-bond donors (Lipinski definition) is 1. The quantitative estimate of drug-likeness (QED) is 0.577. The minimum absolute atomic E-state index is 0.345. The molecule has 0 atom stereocenters. The second kappa shape index (κ2) is 6.46. The maximum absolute atomic E-state index is 6.19. The van der Waals surface area contributed by atoms with Gasteiger partial charge in [0.05, 0.1) is 16.0 Å². The van der Waals surface area contributed by atoms with Crippen LogP contribution < -0.4 is 5.84 Å². The summed E-state index contributed by atoms with van der Waals surface area (Å²) in [6, 6.07) is 8.17. The van der Waals surface area contributed by atoms with Crippen LogP contribution in [0, 0.1) is 0 Å². The number of nitrogens with zero attached hydrogens (tertiary/aromatic N) is 4. The van der Waals surface area contributed by atoms with E-state index in [1.165, 1.54) is 4.70 Å². The van der Waals surface area contributed by atoms with E-state index in [0.29, 0.717) is 5.92 Å². The van der Waals surface area contributed by atoms with Crippen LogP contribution in [0.2, 0.25) is 0 Å². The number of thioether (sulfide) groups is 1. The lowest BCUT2D eigenvalue weighted by Gasteiger charge is -2.20. The van der Waals surface area contributed by atoms with Gasteiger partial charge in [-0.15, -0.1) is 21.5 Å². The van der Waals surface area contributed by atoms with E-state index in [-0.39, 0.29) is 0 Å². The summed E-state index contributed by atoms with van der Waals surface area (Å²) in [5.74, 6) is 8.15. The van der Waals surface area contributed by atoms with Gasteiger partial charge < -0.3 is 10.6 Å².